The third-order valence-electron chi connectivity index (χ3n) is 3.71. The Labute approximate surface area is 107 Å². The quantitative estimate of drug-likeness (QED) is 0.740. The summed E-state index contributed by atoms with van der Waals surface area (Å²) in [6.07, 6.45) is 3.28. The molecule has 0 unspecified atom stereocenters. The molecule has 0 aliphatic heterocycles. The molecule has 0 atom stereocenters. The smallest absolute Gasteiger partial charge is 0.251 e. The van der Waals surface area contributed by atoms with Crippen molar-refractivity contribution in [3.05, 3.63) is 29.3 Å². The number of aryl methyl sites for hydroxylation is 1. The molecule has 1 saturated carbocycles. The fraction of sp³-hybridized carbons (Fsp3) is 0.500. The summed E-state index contributed by atoms with van der Waals surface area (Å²) >= 11 is 0. The van der Waals surface area contributed by atoms with Gasteiger partial charge in [-0.1, -0.05) is 0 Å². The first-order valence-electron chi connectivity index (χ1n) is 6.34. The lowest BCUT2D eigenvalue weighted by Gasteiger charge is -2.15. The number of amides is 1. The second-order valence-electron chi connectivity index (χ2n) is 5.22. The molecule has 0 heterocycles. The maximum absolute atomic E-state index is 12.0. The van der Waals surface area contributed by atoms with Gasteiger partial charge < -0.3 is 16.2 Å². The van der Waals surface area contributed by atoms with Gasteiger partial charge >= 0.3 is 0 Å². The number of carbonyl (C=O) groups excluding carboxylic acids is 1. The van der Waals surface area contributed by atoms with Crippen molar-refractivity contribution in [2.75, 3.05) is 13.1 Å². The molecule has 0 saturated heterocycles. The Morgan fingerprint density at radius 2 is 2.22 bits per heavy atom. The first kappa shape index (κ1) is 12.9. The zero-order chi connectivity index (χ0) is 13.2. The van der Waals surface area contributed by atoms with Gasteiger partial charge in [-0.15, -0.1) is 0 Å². The molecule has 0 spiro atoms. The van der Waals surface area contributed by atoms with Crippen molar-refractivity contribution in [1.29, 1.82) is 0 Å². The summed E-state index contributed by atoms with van der Waals surface area (Å²) in [7, 11) is 0. The number of phenolic OH excluding ortho intramolecular Hbond substituents is 1. The number of aromatic hydroxyl groups is 1. The van der Waals surface area contributed by atoms with Crippen molar-refractivity contribution < 1.29 is 9.90 Å². The average Bonchev–Trinajstić information content (AvgIpc) is 3.07. The summed E-state index contributed by atoms with van der Waals surface area (Å²) < 4.78 is 0. The van der Waals surface area contributed by atoms with Crippen molar-refractivity contribution in [3.8, 4) is 5.75 Å². The Morgan fingerprint density at radius 3 is 2.78 bits per heavy atom. The van der Waals surface area contributed by atoms with Crippen LogP contribution >= 0.6 is 0 Å². The number of benzene rings is 1. The molecule has 1 aromatic rings. The molecule has 4 nitrogen and oxygen atoms in total. The van der Waals surface area contributed by atoms with E-state index in [1.165, 1.54) is 6.07 Å². The van der Waals surface area contributed by atoms with Crippen molar-refractivity contribution >= 4 is 5.91 Å². The third-order valence-corrected chi connectivity index (χ3v) is 3.71. The maximum Gasteiger partial charge on any atom is 0.251 e. The number of rotatable bonds is 5. The number of hydrogen-bond acceptors (Lipinski definition) is 3. The maximum atomic E-state index is 12.0. The van der Waals surface area contributed by atoms with Crippen LogP contribution in [0.2, 0.25) is 0 Å². The average molecular weight is 248 g/mol. The van der Waals surface area contributed by atoms with E-state index in [1.54, 1.807) is 12.1 Å². The molecule has 1 fully saturated rings. The summed E-state index contributed by atoms with van der Waals surface area (Å²) in [6, 6.07) is 4.79. The van der Waals surface area contributed by atoms with E-state index in [2.05, 4.69) is 5.32 Å². The molecule has 1 amide bonds. The van der Waals surface area contributed by atoms with Crippen LogP contribution in [0, 0.1) is 12.3 Å². The van der Waals surface area contributed by atoms with Crippen molar-refractivity contribution in [2.45, 2.75) is 26.2 Å². The van der Waals surface area contributed by atoms with Crippen LogP contribution in [0.25, 0.3) is 0 Å². The largest absolute Gasteiger partial charge is 0.508 e. The highest BCUT2D eigenvalue weighted by atomic mass is 16.3. The number of nitrogens with two attached hydrogens (primary N) is 1. The van der Waals surface area contributed by atoms with E-state index >= 15 is 0 Å². The molecule has 18 heavy (non-hydrogen) atoms. The van der Waals surface area contributed by atoms with Gasteiger partial charge in [0.25, 0.3) is 5.91 Å². The SMILES string of the molecule is Cc1cc(O)ccc1C(=O)NCC1(CCN)CC1. The van der Waals surface area contributed by atoms with Gasteiger partial charge in [0.1, 0.15) is 5.75 Å². The monoisotopic (exact) mass is 248 g/mol. The molecule has 2 rings (SSSR count). The van der Waals surface area contributed by atoms with E-state index in [9.17, 15) is 9.90 Å². The van der Waals surface area contributed by atoms with Gasteiger partial charge in [0, 0.05) is 12.1 Å². The van der Waals surface area contributed by atoms with E-state index in [-0.39, 0.29) is 17.1 Å². The first-order valence-corrected chi connectivity index (χ1v) is 6.34. The Hall–Kier alpha value is -1.55. The summed E-state index contributed by atoms with van der Waals surface area (Å²) in [5, 5.41) is 12.3. The Kier molecular flexibility index (Phi) is 3.57. The topological polar surface area (TPSA) is 75.3 Å². The molecule has 4 N–H and O–H groups in total. The van der Waals surface area contributed by atoms with Crippen LogP contribution in [0.4, 0.5) is 0 Å². The first-order chi connectivity index (χ1) is 8.56. The fourth-order valence-corrected chi connectivity index (χ4v) is 2.26. The van der Waals surface area contributed by atoms with Crippen LogP contribution in [-0.2, 0) is 0 Å². The van der Waals surface area contributed by atoms with E-state index < -0.39 is 0 Å². The fourth-order valence-electron chi connectivity index (χ4n) is 2.26. The van der Waals surface area contributed by atoms with Crippen molar-refractivity contribution in [1.82, 2.24) is 5.32 Å². The molecule has 1 aromatic carbocycles. The van der Waals surface area contributed by atoms with Crippen LogP contribution in [0.3, 0.4) is 0 Å². The lowest BCUT2D eigenvalue weighted by atomic mass is 10.0. The standard InChI is InChI=1S/C14H20N2O2/c1-10-8-11(17)2-3-12(10)13(18)16-9-14(4-5-14)6-7-15/h2-3,8,17H,4-7,9,15H2,1H3,(H,16,18). The zero-order valence-corrected chi connectivity index (χ0v) is 10.7. The van der Waals surface area contributed by atoms with Gasteiger partial charge in [-0.25, -0.2) is 0 Å². The highest BCUT2D eigenvalue weighted by Gasteiger charge is 2.41. The minimum atomic E-state index is -0.0733. The second-order valence-corrected chi connectivity index (χ2v) is 5.22. The molecule has 0 aromatic heterocycles. The Morgan fingerprint density at radius 1 is 1.50 bits per heavy atom. The normalized spacial score (nSPS) is 16.3. The van der Waals surface area contributed by atoms with Crippen LogP contribution in [0.15, 0.2) is 18.2 Å². The molecule has 4 heteroatoms. The van der Waals surface area contributed by atoms with Gasteiger partial charge in [-0.2, -0.15) is 0 Å². The summed E-state index contributed by atoms with van der Waals surface area (Å²) in [4.78, 5) is 12.0. The highest BCUT2D eigenvalue weighted by molar-refractivity contribution is 5.95. The van der Waals surface area contributed by atoms with Crippen molar-refractivity contribution in [3.63, 3.8) is 0 Å². The van der Waals surface area contributed by atoms with Gasteiger partial charge in [-0.3, -0.25) is 4.79 Å². The van der Waals surface area contributed by atoms with Gasteiger partial charge in [-0.05, 0) is 61.9 Å². The summed E-state index contributed by atoms with van der Waals surface area (Å²) in [5.41, 5.74) is 7.23. The summed E-state index contributed by atoms with van der Waals surface area (Å²) in [5.74, 6) is 0.113. The number of hydrogen-bond donors (Lipinski definition) is 3. The van der Waals surface area contributed by atoms with Gasteiger partial charge in [0.15, 0.2) is 0 Å². The Balaban J connectivity index is 1.96. The number of nitrogens with one attached hydrogen (secondary N) is 1. The Bertz CT molecular complexity index is 453. The molecule has 0 radical (unpaired) electrons. The number of carbonyl (C=O) groups is 1. The van der Waals surface area contributed by atoms with Crippen LogP contribution in [-0.4, -0.2) is 24.1 Å². The van der Waals surface area contributed by atoms with E-state index in [0.717, 1.165) is 24.8 Å². The second kappa shape index (κ2) is 4.98. The van der Waals surface area contributed by atoms with Gasteiger partial charge in [0.2, 0.25) is 0 Å². The molecule has 98 valence electrons. The van der Waals surface area contributed by atoms with E-state index in [4.69, 9.17) is 5.73 Å². The van der Waals surface area contributed by atoms with Crippen LogP contribution in [0.1, 0.15) is 35.2 Å². The van der Waals surface area contributed by atoms with Crippen LogP contribution < -0.4 is 11.1 Å². The van der Waals surface area contributed by atoms with Gasteiger partial charge in [0.05, 0.1) is 0 Å². The lowest BCUT2D eigenvalue weighted by Crippen LogP contribution is -2.31. The highest BCUT2D eigenvalue weighted by Crippen LogP contribution is 2.47. The molecule has 0 bridgehead atoms. The molecular formula is C14H20N2O2. The summed E-state index contributed by atoms with van der Waals surface area (Å²) in [6.45, 7) is 3.19. The predicted molar refractivity (Wildman–Crippen MR) is 70.5 cm³/mol. The molecule has 1 aliphatic carbocycles. The predicted octanol–water partition coefficient (Wildman–Crippen LogP) is 1.56. The van der Waals surface area contributed by atoms with Crippen molar-refractivity contribution in [2.24, 2.45) is 11.1 Å². The minimum absolute atomic E-state index is 0.0733. The zero-order valence-electron chi connectivity index (χ0n) is 10.7. The molecule has 1 aliphatic rings. The van der Waals surface area contributed by atoms with Crippen LogP contribution in [0.5, 0.6) is 5.75 Å². The number of phenols is 1. The van der Waals surface area contributed by atoms with E-state index in [0.29, 0.717) is 18.7 Å². The van der Waals surface area contributed by atoms with E-state index in [1.807, 2.05) is 6.92 Å². The minimum Gasteiger partial charge on any atom is -0.508 e. The third kappa shape index (κ3) is 2.82. The lowest BCUT2D eigenvalue weighted by molar-refractivity contribution is 0.0943. The molecular weight excluding hydrogens is 228 g/mol.